The molecular formula is C20H42O2Si2. The van der Waals surface area contributed by atoms with Gasteiger partial charge in [0.05, 0.1) is 6.10 Å². The van der Waals surface area contributed by atoms with Gasteiger partial charge in [0.2, 0.25) is 0 Å². The van der Waals surface area contributed by atoms with Crippen LogP contribution in [0, 0.1) is 17.8 Å². The van der Waals surface area contributed by atoms with Gasteiger partial charge in [-0.25, -0.2) is 0 Å². The molecule has 0 saturated heterocycles. The molecule has 0 spiro atoms. The SMILES string of the molecule is CC#C[C@H](C)[C@H](CCO[Si](C)(C)C(C)(C)C)O[Si](C)(C)C(C)(C)C. The fourth-order valence-corrected chi connectivity index (χ4v) is 4.43. The smallest absolute Gasteiger partial charge is 0.192 e. The van der Waals surface area contributed by atoms with Gasteiger partial charge in [-0.15, -0.1) is 5.92 Å². The lowest BCUT2D eigenvalue weighted by molar-refractivity contribution is 0.116. The van der Waals surface area contributed by atoms with Crippen LogP contribution in [0.1, 0.15) is 61.8 Å². The Morgan fingerprint density at radius 1 is 0.875 bits per heavy atom. The molecule has 2 nitrogen and oxygen atoms in total. The maximum atomic E-state index is 6.69. The summed E-state index contributed by atoms with van der Waals surface area (Å²) in [4.78, 5) is 0. The van der Waals surface area contributed by atoms with Crippen molar-refractivity contribution in [3.63, 3.8) is 0 Å². The summed E-state index contributed by atoms with van der Waals surface area (Å²) >= 11 is 0. The van der Waals surface area contributed by atoms with Crippen LogP contribution in [0.15, 0.2) is 0 Å². The fourth-order valence-electron chi connectivity index (χ4n) is 1.93. The largest absolute Gasteiger partial charge is 0.417 e. The highest BCUT2D eigenvalue weighted by atomic mass is 28.4. The minimum atomic E-state index is -1.80. The van der Waals surface area contributed by atoms with Gasteiger partial charge in [-0.3, -0.25) is 0 Å². The van der Waals surface area contributed by atoms with Crippen LogP contribution in [-0.2, 0) is 8.85 Å². The number of rotatable bonds is 7. The molecule has 0 aromatic heterocycles. The summed E-state index contributed by atoms with van der Waals surface area (Å²) < 4.78 is 13.1. The molecule has 0 rings (SSSR count). The summed E-state index contributed by atoms with van der Waals surface area (Å²) in [5, 5.41) is 0.461. The van der Waals surface area contributed by atoms with Gasteiger partial charge >= 0.3 is 0 Å². The van der Waals surface area contributed by atoms with E-state index in [1.165, 1.54) is 0 Å². The summed E-state index contributed by atoms with van der Waals surface area (Å²) in [5.74, 6) is 6.60. The molecule has 0 aromatic rings. The fraction of sp³-hybridized carbons (Fsp3) is 0.900. The van der Waals surface area contributed by atoms with E-state index in [2.05, 4.69) is 86.5 Å². The molecule has 0 unspecified atom stereocenters. The zero-order chi connectivity index (χ0) is 19.4. The third-order valence-corrected chi connectivity index (χ3v) is 14.9. The summed E-state index contributed by atoms with van der Waals surface area (Å²) in [6.45, 7) is 27.9. The first-order valence-electron chi connectivity index (χ1n) is 9.29. The molecule has 0 fully saturated rings. The molecule has 0 aromatic carbocycles. The van der Waals surface area contributed by atoms with Crippen molar-refractivity contribution in [2.24, 2.45) is 5.92 Å². The third-order valence-electron chi connectivity index (χ3n) is 5.85. The Morgan fingerprint density at radius 3 is 1.71 bits per heavy atom. The van der Waals surface area contributed by atoms with E-state index >= 15 is 0 Å². The topological polar surface area (TPSA) is 18.5 Å². The lowest BCUT2D eigenvalue weighted by Crippen LogP contribution is -2.46. The second-order valence-corrected chi connectivity index (χ2v) is 19.6. The highest BCUT2D eigenvalue weighted by Gasteiger charge is 2.41. The van der Waals surface area contributed by atoms with Crippen molar-refractivity contribution in [3.05, 3.63) is 0 Å². The molecule has 0 aliphatic rings. The maximum Gasteiger partial charge on any atom is 0.192 e. The van der Waals surface area contributed by atoms with E-state index in [-0.39, 0.29) is 22.1 Å². The predicted octanol–water partition coefficient (Wildman–Crippen LogP) is 6.45. The van der Waals surface area contributed by atoms with E-state index in [1.807, 2.05) is 6.92 Å². The van der Waals surface area contributed by atoms with Crippen LogP contribution in [0.2, 0.25) is 36.3 Å². The first-order valence-corrected chi connectivity index (χ1v) is 15.1. The van der Waals surface area contributed by atoms with Gasteiger partial charge < -0.3 is 8.85 Å². The van der Waals surface area contributed by atoms with E-state index < -0.39 is 16.6 Å². The molecule has 0 aliphatic heterocycles. The summed E-state index contributed by atoms with van der Waals surface area (Å²) in [6.07, 6.45) is 1.08. The van der Waals surface area contributed by atoms with Crippen molar-refractivity contribution in [2.45, 2.75) is 104 Å². The molecule has 2 atom stereocenters. The number of hydrogen-bond donors (Lipinski definition) is 0. The molecule has 0 bridgehead atoms. The molecule has 4 heteroatoms. The van der Waals surface area contributed by atoms with Crippen LogP contribution in [-0.4, -0.2) is 29.3 Å². The van der Waals surface area contributed by atoms with Crippen LogP contribution >= 0.6 is 0 Å². The zero-order valence-corrected chi connectivity index (χ0v) is 20.4. The van der Waals surface area contributed by atoms with Crippen LogP contribution < -0.4 is 0 Å². The zero-order valence-electron chi connectivity index (χ0n) is 18.4. The van der Waals surface area contributed by atoms with E-state index in [9.17, 15) is 0 Å². The highest BCUT2D eigenvalue weighted by molar-refractivity contribution is 6.74. The molecular weight excluding hydrogens is 328 g/mol. The van der Waals surface area contributed by atoms with Crippen LogP contribution in [0.5, 0.6) is 0 Å². The molecule has 0 heterocycles. The van der Waals surface area contributed by atoms with Gasteiger partial charge in [0.15, 0.2) is 16.6 Å². The summed E-state index contributed by atoms with van der Waals surface area (Å²) in [6, 6.07) is 0. The third kappa shape index (κ3) is 7.03. The first-order chi connectivity index (χ1) is 10.5. The van der Waals surface area contributed by atoms with Gasteiger partial charge in [-0.05, 0) is 56.5 Å². The van der Waals surface area contributed by atoms with Gasteiger partial charge in [0.1, 0.15) is 0 Å². The Morgan fingerprint density at radius 2 is 1.33 bits per heavy atom. The molecule has 0 radical (unpaired) electrons. The van der Waals surface area contributed by atoms with Crippen molar-refractivity contribution < 1.29 is 8.85 Å². The molecule has 0 saturated carbocycles. The first kappa shape index (κ1) is 23.9. The van der Waals surface area contributed by atoms with Crippen LogP contribution in [0.3, 0.4) is 0 Å². The van der Waals surface area contributed by atoms with Gasteiger partial charge in [0.25, 0.3) is 0 Å². The van der Waals surface area contributed by atoms with Crippen molar-refractivity contribution in [3.8, 4) is 11.8 Å². The molecule has 0 aliphatic carbocycles. The van der Waals surface area contributed by atoms with Crippen molar-refractivity contribution >= 4 is 16.6 Å². The second-order valence-electron chi connectivity index (χ2n) is 10.00. The Kier molecular flexibility index (Phi) is 8.50. The van der Waals surface area contributed by atoms with Crippen LogP contribution in [0.4, 0.5) is 0 Å². The average molecular weight is 371 g/mol. The maximum absolute atomic E-state index is 6.69. The van der Waals surface area contributed by atoms with Gasteiger partial charge in [-0.1, -0.05) is 47.5 Å². The van der Waals surface area contributed by atoms with E-state index in [0.29, 0.717) is 0 Å². The Balaban J connectivity index is 5.03. The average Bonchev–Trinajstić information content (AvgIpc) is 2.34. The Labute approximate surface area is 154 Å². The van der Waals surface area contributed by atoms with Crippen molar-refractivity contribution in [1.82, 2.24) is 0 Å². The minimum absolute atomic E-state index is 0.156. The molecule has 0 amide bonds. The molecule has 142 valence electrons. The Hall–Kier alpha value is -0.0862. The van der Waals surface area contributed by atoms with Gasteiger partial charge in [-0.2, -0.15) is 0 Å². The lowest BCUT2D eigenvalue weighted by Gasteiger charge is -2.41. The highest BCUT2D eigenvalue weighted by Crippen LogP contribution is 2.39. The summed E-state index contributed by atoms with van der Waals surface area (Å²) in [7, 11) is -3.50. The van der Waals surface area contributed by atoms with Crippen LogP contribution in [0.25, 0.3) is 0 Å². The Bertz CT molecular complexity index is 445. The molecule has 24 heavy (non-hydrogen) atoms. The quantitative estimate of drug-likeness (QED) is 0.379. The normalized spacial score (nSPS) is 16.3. The van der Waals surface area contributed by atoms with Gasteiger partial charge in [0, 0.05) is 12.5 Å². The van der Waals surface area contributed by atoms with Crippen molar-refractivity contribution in [1.29, 1.82) is 0 Å². The molecule has 0 N–H and O–H groups in total. The number of hydrogen-bond acceptors (Lipinski definition) is 2. The van der Waals surface area contributed by atoms with E-state index in [0.717, 1.165) is 13.0 Å². The van der Waals surface area contributed by atoms with E-state index in [1.54, 1.807) is 0 Å². The van der Waals surface area contributed by atoms with Crippen molar-refractivity contribution in [2.75, 3.05) is 6.61 Å². The summed E-state index contributed by atoms with van der Waals surface area (Å²) in [5.41, 5.74) is 0. The second kappa shape index (κ2) is 8.53. The lowest BCUT2D eigenvalue weighted by atomic mass is 10.0. The monoisotopic (exact) mass is 370 g/mol. The van der Waals surface area contributed by atoms with E-state index in [4.69, 9.17) is 8.85 Å². The predicted molar refractivity (Wildman–Crippen MR) is 112 cm³/mol. The standard InChI is InChI=1S/C20H42O2Si2/c1-13-14-17(2)18(22-24(11,12)20(6,7)8)15-16-21-23(9,10)19(3,4)5/h17-18H,15-16H2,1-12H3/t17-,18-/m0/s1. The minimum Gasteiger partial charge on any atom is -0.417 e.